The van der Waals surface area contributed by atoms with Crippen LogP contribution < -0.4 is 0 Å². The van der Waals surface area contributed by atoms with E-state index in [4.69, 9.17) is 4.42 Å². The first-order chi connectivity index (χ1) is 10.7. The highest BCUT2D eigenvalue weighted by Gasteiger charge is 2.27. The zero-order valence-electron chi connectivity index (χ0n) is 11.9. The molecule has 1 aliphatic heterocycles. The molecule has 0 bridgehead atoms. The number of benzene rings is 1. The van der Waals surface area contributed by atoms with Crippen molar-refractivity contribution in [2.45, 2.75) is 0 Å². The van der Waals surface area contributed by atoms with Crippen molar-refractivity contribution in [3.05, 3.63) is 59.8 Å². The summed E-state index contributed by atoms with van der Waals surface area (Å²) in [5.74, 6) is -0.776. The average Bonchev–Trinajstić information content (AvgIpc) is 3.09. The van der Waals surface area contributed by atoms with E-state index >= 15 is 0 Å². The van der Waals surface area contributed by atoms with Crippen molar-refractivity contribution in [3.8, 4) is 0 Å². The third-order valence-corrected chi connectivity index (χ3v) is 3.69. The van der Waals surface area contributed by atoms with Crippen LogP contribution in [0.25, 0.3) is 0 Å². The van der Waals surface area contributed by atoms with Crippen LogP contribution in [0.1, 0.15) is 20.9 Å². The minimum atomic E-state index is -0.526. The first-order valence-electron chi connectivity index (χ1n) is 7.03. The number of hydrogen-bond donors (Lipinski definition) is 0. The molecule has 5 nitrogen and oxygen atoms in total. The molecule has 6 heteroatoms. The Morgan fingerprint density at radius 2 is 1.55 bits per heavy atom. The molecule has 1 aromatic carbocycles. The second kappa shape index (κ2) is 6.01. The molecule has 22 heavy (non-hydrogen) atoms. The Hall–Kier alpha value is -2.63. The van der Waals surface area contributed by atoms with Crippen LogP contribution in [-0.2, 0) is 0 Å². The van der Waals surface area contributed by atoms with Crippen LogP contribution >= 0.6 is 0 Å². The van der Waals surface area contributed by atoms with Crippen LogP contribution in [0.15, 0.2) is 47.1 Å². The second-order valence-electron chi connectivity index (χ2n) is 5.04. The highest BCUT2D eigenvalue weighted by molar-refractivity contribution is 5.95. The fraction of sp³-hybridized carbons (Fsp3) is 0.250. The van der Waals surface area contributed by atoms with E-state index in [-0.39, 0.29) is 23.1 Å². The van der Waals surface area contributed by atoms with Crippen LogP contribution in [0.2, 0.25) is 0 Å². The molecule has 0 saturated carbocycles. The summed E-state index contributed by atoms with van der Waals surface area (Å²) in [4.78, 5) is 27.6. The van der Waals surface area contributed by atoms with Gasteiger partial charge in [0, 0.05) is 26.2 Å². The van der Waals surface area contributed by atoms with Gasteiger partial charge in [0.1, 0.15) is 5.82 Å². The topological polar surface area (TPSA) is 53.8 Å². The molecule has 1 aliphatic rings. The summed E-state index contributed by atoms with van der Waals surface area (Å²) in [6.45, 7) is 1.55. The van der Waals surface area contributed by atoms with Crippen molar-refractivity contribution in [3.63, 3.8) is 0 Å². The molecule has 1 aromatic heterocycles. The van der Waals surface area contributed by atoms with Crippen molar-refractivity contribution in [2.75, 3.05) is 26.2 Å². The molecule has 0 aliphatic carbocycles. The molecule has 1 saturated heterocycles. The minimum absolute atomic E-state index is 0.0633. The van der Waals surface area contributed by atoms with Crippen molar-refractivity contribution < 1.29 is 18.4 Å². The molecular formula is C16H15FN2O3. The van der Waals surface area contributed by atoms with E-state index in [1.165, 1.54) is 18.4 Å². The van der Waals surface area contributed by atoms with Crippen LogP contribution in [0.5, 0.6) is 0 Å². The van der Waals surface area contributed by atoms with Gasteiger partial charge in [0.2, 0.25) is 0 Å². The van der Waals surface area contributed by atoms with E-state index in [0.29, 0.717) is 26.2 Å². The molecule has 3 rings (SSSR count). The zero-order chi connectivity index (χ0) is 15.5. The Bertz CT molecular complexity index is 676. The SMILES string of the molecule is O=C(c1ccco1)N1CCN(C(=O)c2ccccc2F)CC1. The van der Waals surface area contributed by atoms with Crippen molar-refractivity contribution in [2.24, 2.45) is 0 Å². The maximum absolute atomic E-state index is 13.7. The monoisotopic (exact) mass is 302 g/mol. The number of nitrogens with zero attached hydrogens (tertiary/aromatic N) is 2. The normalized spacial score (nSPS) is 15.0. The van der Waals surface area contributed by atoms with Gasteiger partial charge < -0.3 is 14.2 Å². The molecule has 1 fully saturated rings. The summed E-state index contributed by atoms with van der Waals surface area (Å²) >= 11 is 0. The number of carbonyl (C=O) groups excluding carboxylic acids is 2. The lowest BCUT2D eigenvalue weighted by molar-refractivity contribution is 0.0515. The smallest absolute Gasteiger partial charge is 0.289 e. The number of furan rings is 1. The Labute approximate surface area is 126 Å². The summed E-state index contributed by atoms with van der Waals surface area (Å²) in [6.07, 6.45) is 1.45. The summed E-state index contributed by atoms with van der Waals surface area (Å²) in [5.41, 5.74) is 0.0633. The van der Waals surface area contributed by atoms with Crippen molar-refractivity contribution in [1.29, 1.82) is 0 Å². The number of piperazine rings is 1. The van der Waals surface area contributed by atoms with Gasteiger partial charge in [0.05, 0.1) is 11.8 Å². The van der Waals surface area contributed by atoms with Gasteiger partial charge in [-0.3, -0.25) is 9.59 Å². The first-order valence-corrected chi connectivity index (χ1v) is 7.03. The van der Waals surface area contributed by atoms with Crippen LogP contribution in [0.4, 0.5) is 4.39 Å². The number of rotatable bonds is 2. The van der Waals surface area contributed by atoms with Crippen molar-refractivity contribution in [1.82, 2.24) is 9.80 Å². The molecule has 0 spiro atoms. The van der Waals surface area contributed by atoms with E-state index < -0.39 is 5.82 Å². The maximum Gasteiger partial charge on any atom is 0.289 e. The van der Waals surface area contributed by atoms with Gasteiger partial charge in [-0.2, -0.15) is 0 Å². The van der Waals surface area contributed by atoms with Gasteiger partial charge >= 0.3 is 0 Å². The molecule has 2 heterocycles. The fourth-order valence-electron chi connectivity index (χ4n) is 2.47. The Morgan fingerprint density at radius 1 is 0.909 bits per heavy atom. The van der Waals surface area contributed by atoms with Crippen LogP contribution in [0.3, 0.4) is 0 Å². The lowest BCUT2D eigenvalue weighted by Crippen LogP contribution is -2.50. The number of amides is 2. The van der Waals surface area contributed by atoms with E-state index in [1.54, 1.807) is 34.1 Å². The van der Waals surface area contributed by atoms with E-state index in [0.717, 1.165) is 0 Å². The van der Waals surface area contributed by atoms with Crippen molar-refractivity contribution >= 4 is 11.8 Å². The summed E-state index contributed by atoms with van der Waals surface area (Å²) in [6, 6.07) is 9.19. The maximum atomic E-state index is 13.7. The molecule has 0 radical (unpaired) electrons. The highest BCUT2D eigenvalue weighted by atomic mass is 19.1. The predicted molar refractivity (Wildman–Crippen MR) is 76.9 cm³/mol. The standard InChI is InChI=1S/C16H15FN2O3/c17-13-5-2-1-4-12(13)15(20)18-7-9-19(10-8-18)16(21)14-6-3-11-22-14/h1-6,11H,7-10H2. The Balaban J connectivity index is 1.63. The third kappa shape index (κ3) is 2.72. The molecule has 114 valence electrons. The zero-order valence-corrected chi connectivity index (χ0v) is 11.9. The van der Waals surface area contributed by atoms with E-state index in [9.17, 15) is 14.0 Å². The van der Waals surface area contributed by atoms with Crippen LogP contribution in [-0.4, -0.2) is 47.8 Å². The second-order valence-corrected chi connectivity index (χ2v) is 5.04. The number of halogens is 1. The lowest BCUT2D eigenvalue weighted by atomic mass is 10.1. The van der Waals surface area contributed by atoms with Gasteiger partial charge in [0.25, 0.3) is 11.8 Å². The average molecular weight is 302 g/mol. The molecule has 2 amide bonds. The van der Waals surface area contributed by atoms with E-state index in [1.807, 2.05) is 0 Å². The van der Waals surface area contributed by atoms with Crippen LogP contribution in [0, 0.1) is 5.82 Å². The summed E-state index contributed by atoms with van der Waals surface area (Å²) in [5, 5.41) is 0. The summed E-state index contributed by atoms with van der Waals surface area (Å²) < 4.78 is 18.7. The van der Waals surface area contributed by atoms with Gasteiger partial charge in [0.15, 0.2) is 5.76 Å². The lowest BCUT2D eigenvalue weighted by Gasteiger charge is -2.34. The molecule has 0 unspecified atom stereocenters. The fourth-order valence-corrected chi connectivity index (χ4v) is 2.47. The molecular weight excluding hydrogens is 287 g/mol. The first kappa shape index (κ1) is 14.3. The predicted octanol–water partition coefficient (Wildman–Crippen LogP) is 2.02. The Kier molecular flexibility index (Phi) is 3.91. The minimum Gasteiger partial charge on any atom is -0.459 e. The number of hydrogen-bond acceptors (Lipinski definition) is 3. The van der Waals surface area contributed by atoms with E-state index in [2.05, 4.69) is 0 Å². The quantitative estimate of drug-likeness (QED) is 0.853. The molecule has 0 atom stereocenters. The highest BCUT2D eigenvalue weighted by Crippen LogP contribution is 2.14. The third-order valence-electron chi connectivity index (χ3n) is 3.69. The number of carbonyl (C=O) groups is 2. The van der Waals surface area contributed by atoms with Gasteiger partial charge in [-0.1, -0.05) is 12.1 Å². The van der Waals surface area contributed by atoms with Gasteiger partial charge in [-0.05, 0) is 24.3 Å². The molecule has 0 N–H and O–H groups in total. The summed E-state index contributed by atoms with van der Waals surface area (Å²) in [7, 11) is 0. The largest absolute Gasteiger partial charge is 0.459 e. The van der Waals surface area contributed by atoms with Gasteiger partial charge in [-0.25, -0.2) is 4.39 Å². The molecule has 2 aromatic rings. The Morgan fingerprint density at radius 3 is 2.14 bits per heavy atom. The van der Waals surface area contributed by atoms with Gasteiger partial charge in [-0.15, -0.1) is 0 Å².